The van der Waals surface area contributed by atoms with Crippen molar-refractivity contribution >= 4 is 17.4 Å². The number of carbonyl (C=O) groups is 1. The molecule has 5 heteroatoms. The Bertz CT molecular complexity index is 1230. The molecule has 2 aliphatic rings. The van der Waals surface area contributed by atoms with Gasteiger partial charge in [-0.25, -0.2) is 4.99 Å². The molecule has 0 saturated carbocycles. The van der Waals surface area contributed by atoms with E-state index in [2.05, 4.69) is 56.0 Å². The molecule has 1 amide bonds. The van der Waals surface area contributed by atoms with E-state index in [1.54, 1.807) is 0 Å². The van der Waals surface area contributed by atoms with Gasteiger partial charge < -0.3 is 14.5 Å². The zero-order valence-corrected chi connectivity index (χ0v) is 20.1. The lowest BCUT2D eigenvalue weighted by molar-refractivity contribution is -0.134. The minimum Gasteiger partial charge on any atom is -0.454 e. The predicted molar refractivity (Wildman–Crippen MR) is 136 cm³/mol. The number of carbonyl (C=O) groups excluding carboxylic acids is 1. The number of fused-ring (bicyclic) bond motifs is 2. The highest BCUT2D eigenvalue weighted by molar-refractivity contribution is 6.04. The van der Waals surface area contributed by atoms with Crippen molar-refractivity contribution in [1.82, 2.24) is 9.80 Å². The molecule has 0 spiro atoms. The Balaban J connectivity index is 1.40. The van der Waals surface area contributed by atoms with Gasteiger partial charge in [0.25, 0.3) is 0 Å². The molecule has 2 aliphatic heterocycles. The number of hydrogen-bond acceptors (Lipinski definition) is 4. The van der Waals surface area contributed by atoms with E-state index in [9.17, 15) is 4.79 Å². The molecule has 0 N–H and O–H groups in total. The van der Waals surface area contributed by atoms with Gasteiger partial charge in [-0.05, 0) is 55.7 Å². The molecule has 3 aromatic rings. The van der Waals surface area contributed by atoms with E-state index < -0.39 is 0 Å². The molecule has 1 unspecified atom stereocenters. The largest absolute Gasteiger partial charge is 0.454 e. The molecule has 1 fully saturated rings. The summed E-state index contributed by atoms with van der Waals surface area (Å²) in [5.41, 5.74) is 5.24. The van der Waals surface area contributed by atoms with Gasteiger partial charge in [0.05, 0.1) is 11.5 Å². The Morgan fingerprint density at radius 1 is 0.912 bits per heavy atom. The summed E-state index contributed by atoms with van der Waals surface area (Å²) in [6.45, 7) is 9.09. The summed E-state index contributed by atoms with van der Waals surface area (Å²) in [5.74, 6) is 2.65. The van der Waals surface area contributed by atoms with Crippen LogP contribution in [-0.4, -0.2) is 47.7 Å². The number of nitrogens with zero attached hydrogens (tertiary/aromatic N) is 3. The monoisotopic (exact) mass is 453 g/mol. The summed E-state index contributed by atoms with van der Waals surface area (Å²) in [5, 5.41) is 0. The third-order valence-corrected chi connectivity index (χ3v) is 6.74. The first-order valence-electron chi connectivity index (χ1n) is 12.1. The SMILES string of the molecule is CCC(C(=O)N1CCN(C2=Nc3ccc(C)cc3Oc3ccc(C)cc32)CC1)c1ccccc1. The third-order valence-electron chi connectivity index (χ3n) is 6.74. The highest BCUT2D eigenvalue weighted by Gasteiger charge is 2.30. The summed E-state index contributed by atoms with van der Waals surface area (Å²) in [6, 6.07) is 22.5. The van der Waals surface area contributed by atoms with Gasteiger partial charge in [0.2, 0.25) is 5.91 Å². The van der Waals surface area contributed by atoms with Gasteiger partial charge >= 0.3 is 0 Å². The van der Waals surface area contributed by atoms with Crippen LogP contribution in [0.4, 0.5) is 5.69 Å². The average molecular weight is 454 g/mol. The fourth-order valence-corrected chi connectivity index (χ4v) is 4.83. The van der Waals surface area contributed by atoms with Crippen molar-refractivity contribution in [3.05, 3.63) is 89.0 Å². The van der Waals surface area contributed by atoms with Crippen LogP contribution >= 0.6 is 0 Å². The predicted octanol–water partition coefficient (Wildman–Crippen LogP) is 5.83. The number of piperazine rings is 1. The number of rotatable bonds is 3. The number of aliphatic imine (C=N–C) groups is 1. The first-order valence-corrected chi connectivity index (χ1v) is 12.1. The van der Waals surface area contributed by atoms with Crippen molar-refractivity contribution in [3.63, 3.8) is 0 Å². The highest BCUT2D eigenvalue weighted by atomic mass is 16.5. The Labute approximate surface area is 201 Å². The summed E-state index contributed by atoms with van der Waals surface area (Å²) in [7, 11) is 0. The number of benzene rings is 3. The summed E-state index contributed by atoms with van der Waals surface area (Å²) in [6.07, 6.45) is 0.802. The molecule has 174 valence electrons. The van der Waals surface area contributed by atoms with Crippen LogP contribution in [0.2, 0.25) is 0 Å². The average Bonchev–Trinajstić information content (AvgIpc) is 3.01. The molecule has 2 heterocycles. The van der Waals surface area contributed by atoms with Gasteiger partial charge in [0, 0.05) is 26.2 Å². The van der Waals surface area contributed by atoms with Crippen LogP contribution in [0.3, 0.4) is 0 Å². The number of aryl methyl sites for hydroxylation is 2. The number of ether oxygens (including phenoxy) is 1. The molecule has 34 heavy (non-hydrogen) atoms. The zero-order valence-electron chi connectivity index (χ0n) is 20.1. The second-order valence-corrected chi connectivity index (χ2v) is 9.19. The van der Waals surface area contributed by atoms with Crippen LogP contribution in [0.5, 0.6) is 11.5 Å². The van der Waals surface area contributed by atoms with Crippen molar-refractivity contribution < 1.29 is 9.53 Å². The quantitative estimate of drug-likeness (QED) is 0.502. The van der Waals surface area contributed by atoms with E-state index in [-0.39, 0.29) is 11.8 Å². The third kappa shape index (κ3) is 4.30. The Morgan fingerprint density at radius 3 is 2.35 bits per heavy atom. The Morgan fingerprint density at radius 2 is 1.62 bits per heavy atom. The first kappa shape index (κ1) is 22.2. The molecular formula is C29H31N3O2. The molecule has 0 radical (unpaired) electrons. The lowest BCUT2D eigenvalue weighted by Crippen LogP contribution is -2.51. The number of hydrogen-bond donors (Lipinski definition) is 0. The number of amidine groups is 1. The molecule has 0 bridgehead atoms. The van der Waals surface area contributed by atoms with Crippen LogP contribution in [0.25, 0.3) is 0 Å². The van der Waals surface area contributed by atoms with E-state index in [1.165, 1.54) is 5.56 Å². The maximum Gasteiger partial charge on any atom is 0.230 e. The number of amides is 1. The van der Waals surface area contributed by atoms with Gasteiger partial charge in [0.15, 0.2) is 5.75 Å². The van der Waals surface area contributed by atoms with Gasteiger partial charge in [-0.2, -0.15) is 0 Å². The standard InChI is InChI=1S/C29H31N3O2/c1-4-23(22-8-6-5-7-9-22)29(33)32-16-14-31(15-17-32)28-24-18-20(2)11-13-26(24)34-27-19-21(3)10-12-25(27)30-28/h5-13,18-19,23H,4,14-17H2,1-3H3. The van der Waals surface area contributed by atoms with Gasteiger partial charge in [-0.3, -0.25) is 4.79 Å². The lowest BCUT2D eigenvalue weighted by atomic mass is 9.94. The van der Waals surface area contributed by atoms with E-state index in [0.29, 0.717) is 13.1 Å². The van der Waals surface area contributed by atoms with Crippen molar-refractivity contribution in [1.29, 1.82) is 0 Å². The van der Waals surface area contributed by atoms with Crippen molar-refractivity contribution in [2.75, 3.05) is 26.2 Å². The normalized spacial score (nSPS) is 16.0. The molecule has 0 aliphatic carbocycles. The van der Waals surface area contributed by atoms with Crippen molar-refractivity contribution in [2.24, 2.45) is 4.99 Å². The zero-order chi connectivity index (χ0) is 23.7. The van der Waals surface area contributed by atoms with Gasteiger partial charge in [-0.15, -0.1) is 0 Å². The van der Waals surface area contributed by atoms with Crippen LogP contribution in [0.15, 0.2) is 71.7 Å². The summed E-state index contributed by atoms with van der Waals surface area (Å²) >= 11 is 0. The minimum absolute atomic E-state index is 0.0881. The van der Waals surface area contributed by atoms with Gasteiger partial charge in [-0.1, -0.05) is 55.0 Å². The molecule has 3 aromatic carbocycles. The van der Waals surface area contributed by atoms with Crippen molar-refractivity contribution in [3.8, 4) is 11.5 Å². The van der Waals surface area contributed by atoms with Crippen LogP contribution < -0.4 is 4.74 Å². The van der Waals surface area contributed by atoms with Crippen molar-refractivity contribution in [2.45, 2.75) is 33.1 Å². The minimum atomic E-state index is -0.0881. The molecule has 5 rings (SSSR count). The van der Waals surface area contributed by atoms with E-state index in [1.807, 2.05) is 41.3 Å². The molecule has 0 aromatic heterocycles. The summed E-state index contributed by atoms with van der Waals surface area (Å²) in [4.78, 5) is 22.7. The molecule has 5 nitrogen and oxygen atoms in total. The fraction of sp³-hybridized carbons (Fsp3) is 0.310. The Hall–Kier alpha value is -3.60. The van der Waals surface area contributed by atoms with Crippen LogP contribution in [0, 0.1) is 13.8 Å². The molecular weight excluding hydrogens is 422 g/mol. The highest BCUT2D eigenvalue weighted by Crippen LogP contribution is 2.39. The first-order chi connectivity index (χ1) is 16.5. The maximum absolute atomic E-state index is 13.4. The summed E-state index contributed by atoms with van der Waals surface area (Å²) < 4.78 is 6.31. The van der Waals surface area contributed by atoms with Crippen LogP contribution in [-0.2, 0) is 4.79 Å². The molecule has 1 atom stereocenters. The van der Waals surface area contributed by atoms with E-state index in [0.717, 1.165) is 59.2 Å². The molecule has 1 saturated heterocycles. The second-order valence-electron chi connectivity index (χ2n) is 9.19. The lowest BCUT2D eigenvalue weighted by Gasteiger charge is -2.38. The second kappa shape index (κ2) is 9.34. The topological polar surface area (TPSA) is 45.1 Å². The fourth-order valence-electron chi connectivity index (χ4n) is 4.83. The van der Waals surface area contributed by atoms with E-state index >= 15 is 0 Å². The van der Waals surface area contributed by atoms with Gasteiger partial charge in [0.1, 0.15) is 17.3 Å². The van der Waals surface area contributed by atoms with Crippen LogP contribution in [0.1, 0.15) is 41.5 Å². The smallest absolute Gasteiger partial charge is 0.230 e. The Kier molecular flexibility index (Phi) is 6.10. The maximum atomic E-state index is 13.4. The van der Waals surface area contributed by atoms with E-state index in [4.69, 9.17) is 9.73 Å².